The second kappa shape index (κ2) is 22.0. The average Bonchev–Trinajstić information content (AvgIpc) is 3.52. The van der Waals surface area contributed by atoms with Gasteiger partial charge in [0.05, 0.1) is 0 Å². The molecule has 5 heteroatoms. The summed E-state index contributed by atoms with van der Waals surface area (Å²) in [6.45, 7) is 6.84. The smallest absolute Gasteiger partial charge is 1.00 e. The first-order chi connectivity index (χ1) is 21.2. The summed E-state index contributed by atoms with van der Waals surface area (Å²) < 4.78 is 0. The minimum atomic E-state index is -2.56. The zero-order valence-electron chi connectivity index (χ0n) is 28.3. The molecule has 0 amide bonds. The van der Waals surface area contributed by atoms with Crippen LogP contribution in [-0.2, 0) is 47.4 Å². The first-order valence-electron chi connectivity index (χ1n) is 16.8. The maximum atomic E-state index is 4.06. The fourth-order valence-electron chi connectivity index (χ4n) is 6.63. The Morgan fingerprint density at radius 2 is 0.894 bits per heavy atom. The molecule has 1 aliphatic carbocycles. The first kappa shape index (κ1) is 43.2. The minimum Gasteiger partial charge on any atom is -1.00 e. The van der Waals surface area contributed by atoms with E-state index in [4.69, 9.17) is 0 Å². The number of halogens is 3. The maximum Gasteiger partial charge on any atom is 4.00 e. The largest absolute Gasteiger partial charge is 4.00 e. The summed E-state index contributed by atoms with van der Waals surface area (Å²) in [7, 11) is -2.56. The number of unbranched alkanes of at least 4 members (excludes halogenated alkanes) is 3. The SMILES string of the molecule is CCCCc1ccc([Si](C2=[C-]C(Cc3ccccc3)=CC2)(c2ccc(CCCC)cc2)c2ccc(CCCC)cc2)cc1.[Cl-].[Cl-].[Cl-].[Ti+4]. The van der Waals surface area contributed by atoms with Crippen LogP contribution in [0.3, 0.4) is 0 Å². The topological polar surface area (TPSA) is 0 Å². The van der Waals surface area contributed by atoms with Crippen LogP contribution in [0.1, 0.15) is 88.0 Å². The molecule has 4 aromatic rings. The predicted molar refractivity (Wildman–Crippen MR) is 189 cm³/mol. The van der Waals surface area contributed by atoms with Gasteiger partial charge in [0.25, 0.3) is 0 Å². The van der Waals surface area contributed by atoms with Crippen molar-refractivity contribution in [3.63, 3.8) is 0 Å². The zero-order valence-corrected chi connectivity index (χ0v) is 33.1. The van der Waals surface area contributed by atoms with Crippen molar-refractivity contribution in [2.75, 3.05) is 0 Å². The van der Waals surface area contributed by atoms with Gasteiger partial charge in [-0.05, 0) is 82.8 Å². The van der Waals surface area contributed by atoms with Crippen LogP contribution in [0, 0.1) is 6.08 Å². The van der Waals surface area contributed by atoms with E-state index in [0.29, 0.717) is 0 Å². The van der Waals surface area contributed by atoms with Gasteiger partial charge in [-0.1, -0.05) is 150 Å². The van der Waals surface area contributed by atoms with Crippen molar-refractivity contribution in [3.05, 3.63) is 148 Å². The van der Waals surface area contributed by atoms with Crippen LogP contribution in [0.2, 0.25) is 0 Å². The van der Waals surface area contributed by atoms with Gasteiger partial charge in [-0.3, -0.25) is 6.08 Å². The van der Waals surface area contributed by atoms with Crippen LogP contribution in [-0.4, -0.2) is 8.07 Å². The maximum absolute atomic E-state index is 4.06. The molecule has 0 heterocycles. The molecule has 1 aliphatic rings. The molecule has 0 saturated carbocycles. The second-order valence-corrected chi connectivity index (χ2v) is 16.2. The Kier molecular flexibility index (Phi) is 20.2. The number of allylic oxidation sites excluding steroid dienone is 4. The van der Waals surface area contributed by atoms with Crippen molar-refractivity contribution in [2.24, 2.45) is 0 Å². The van der Waals surface area contributed by atoms with Gasteiger partial charge < -0.3 is 37.2 Å². The van der Waals surface area contributed by atoms with E-state index < -0.39 is 8.07 Å². The van der Waals surface area contributed by atoms with Crippen molar-refractivity contribution in [2.45, 2.75) is 91.4 Å². The van der Waals surface area contributed by atoms with Crippen molar-refractivity contribution >= 4 is 23.6 Å². The number of benzene rings is 4. The summed E-state index contributed by atoms with van der Waals surface area (Å²) in [6.07, 6.45) is 19.3. The number of hydrogen-bond acceptors (Lipinski definition) is 0. The molecular weight excluding hydrogens is 687 g/mol. The molecule has 4 aromatic carbocycles. The third kappa shape index (κ3) is 10.8. The van der Waals surface area contributed by atoms with Crippen molar-refractivity contribution < 1.29 is 58.9 Å². The van der Waals surface area contributed by atoms with E-state index in [-0.39, 0.29) is 58.9 Å². The molecule has 0 fully saturated rings. The Bertz CT molecular complexity index is 1370. The molecule has 0 aromatic heterocycles. The molecule has 47 heavy (non-hydrogen) atoms. The molecule has 0 bridgehead atoms. The second-order valence-electron chi connectivity index (χ2n) is 12.4. The van der Waals surface area contributed by atoms with Crippen molar-refractivity contribution in [1.29, 1.82) is 0 Å². The standard InChI is InChI=1S/C42H49Si.3ClH.Ti/c1-4-7-13-34-18-25-39(26-19-34)43(40-27-20-35(21-28-40)14-8-5-2,41-29-22-36(23-30-41)15-9-6-3)42-31-24-38(33-42)32-37-16-11-10-12-17-37;;;;/h10-12,16-30H,4-9,13-15,31-32H2,1-3H3;3*1H;/q-1;;;;+4/p-3. The molecule has 0 unspecified atom stereocenters. The summed E-state index contributed by atoms with van der Waals surface area (Å²) in [5.41, 5.74) is 7.04. The Hall–Kier alpha value is -1.84. The van der Waals surface area contributed by atoms with E-state index in [0.717, 1.165) is 32.1 Å². The summed E-state index contributed by atoms with van der Waals surface area (Å²) in [5, 5.41) is 5.93. The molecule has 0 spiro atoms. The third-order valence-corrected chi connectivity index (χ3v) is 14.0. The Labute approximate surface area is 320 Å². The van der Waals surface area contributed by atoms with E-state index in [2.05, 4.69) is 136 Å². The number of hydrogen-bond donors (Lipinski definition) is 0. The Morgan fingerprint density at radius 3 is 1.26 bits per heavy atom. The van der Waals surface area contributed by atoms with Crippen molar-refractivity contribution in [3.8, 4) is 0 Å². The van der Waals surface area contributed by atoms with Gasteiger partial charge in [0, 0.05) is 0 Å². The van der Waals surface area contributed by atoms with Crippen LogP contribution in [0.5, 0.6) is 0 Å². The van der Waals surface area contributed by atoms with Gasteiger partial charge in [0.1, 0.15) is 0 Å². The van der Waals surface area contributed by atoms with Crippen molar-refractivity contribution in [1.82, 2.24) is 0 Å². The van der Waals surface area contributed by atoms with Gasteiger partial charge >= 0.3 is 21.7 Å². The van der Waals surface area contributed by atoms with Crippen LogP contribution in [0.25, 0.3) is 0 Å². The fraction of sp³-hybridized carbons (Fsp3) is 0.333. The van der Waals surface area contributed by atoms with E-state index >= 15 is 0 Å². The van der Waals surface area contributed by atoms with Gasteiger partial charge in [-0.15, -0.1) is 0 Å². The van der Waals surface area contributed by atoms with E-state index in [9.17, 15) is 0 Å². The normalized spacial score (nSPS) is 12.1. The summed E-state index contributed by atoms with van der Waals surface area (Å²) in [6, 6.07) is 40.1. The zero-order chi connectivity index (χ0) is 29.9. The molecule has 246 valence electrons. The number of aryl methyl sites for hydroxylation is 3. The Morgan fingerprint density at radius 1 is 0.511 bits per heavy atom. The average molecular weight is 736 g/mol. The summed E-state index contributed by atoms with van der Waals surface area (Å²) in [4.78, 5) is 0. The fourth-order valence-corrected chi connectivity index (χ4v) is 11.4. The van der Waals surface area contributed by atoms with E-state index in [1.165, 1.54) is 87.1 Å². The molecule has 0 aliphatic heterocycles. The third-order valence-electron chi connectivity index (χ3n) is 9.17. The molecular formula is C42H49Cl3SiTi. The van der Waals surface area contributed by atoms with E-state index in [1.807, 2.05) is 0 Å². The minimum absolute atomic E-state index is 0. The molecule has 5 rings (SSSR count). The van der Waals surface area contributed by atoms with Crippen LogP contribution in [0.4, 0.5) is 0 Å². The monoisotopic (exact) mass is 734 g/mol. The molecule has 0 nitrogen and oxygen atoms in total. The van der Waals surface area contributed by atoms with Crippen LogP contribution >= 0.6 is 0 Å². The van der Waals surface area contributed by atoms with Gasteiger partial charge in [0.2, 0.25) is 0 Å². The van der Waals surface area contributed by atoms with E-state index in [1.54, 1.807) is 0 Å². The quantitative estimate of drug-likeness (QED) is 0.0921. The Balaban J connectivity index is 0.00000276. The summed E-state index contributed by atoms with van der Waals surface area (Å²) >= 11 is 0. The molecule has 0 saturated heterocycles. The van der Waals surface area contributed by atoms with Crippen LogP contribution < -0.4 is 52.8 Å². The number of rotatable bonds is 15. The first-order valence-corrected chi connectivity index (χ1v) is 18.8. The predicted octanol–water partition coefficient (Wildman–Crippen LogP) is 0.0357. The van der Waals surface area contributed by atoms with Gasteiger partial charge in [-0.2, -0.15) is 5.20 Å². The summed E-state index contributed by atoms with van der Waals surface area (Å²) in [5.74, 6) is 0. The van der Waals surface area contributed by atoms with Crippen LogP contribution in [0.15, 0.2) is 120 Å². The molecule has 0 atom stereocenters. The van der Waals surface area contributed by atoms with Gasteiger partial charge in [0.15, 0.2) is 8.07 Å². The van der Waals surface area contributed by atoms with Gasteiger partial charge in [-0.25, -0.2) is 11.6 Å². The molecule has 0 N–H and O–H groups in total. The molecule has 0 radical (unpaired) electrons.